The summed E-state index contributed by atoms with van der Waals surface area (Å²) in [7, 11) is 0. The third kappa shape index (κ3) is 3.61. The molecule has 1 N–H and O–H groups in total. The van der Waals surface area contributed by atoms with Gasteiger partial charge < -0.3 is 5.32 Å². The van der Waals surface area contributed by atoms with Gasteiger partial charge >= 0.3 is 0 Å². The molecule has 0 saturated carbocycles. The van der Waals surface area contributed by atoms with Crippen LogP contribution in [-0.2, 0) is 4.79 Å². The molecule has 0 aliphatic heterocycles. The molecule has 0 aliphatic rings. The Morgan fingerprint density at radius 3 is 2.73 bits per heavy atom. The van der Waals surface area contributed by atoms with Crippen molar-refractivity contribution in [2.75, 3.05) is 5.32 Å². The summed E-state index contributed by atoms with van der Waals surface area (Å²) < 4.78 is 0. The Morgan fingerprint density at radius 1 is 1.53 bits per heavy atom. The maximum absolute atomic E-state index is 11.3. The van der Waals surface area contributed by atoms with E-state index in [-0.39, 0.29) is 5.91 Å². The van der Waals surface area contributed by atoms with E-state index < -0.39 is 0 Å². The van der Waals surface area contributed by atoms with E-state index in [1.165, 1.54) is 12.3 Å². The molecular weight excluding hydrogens is 190 g/mol. The van der Waals surface area contributed by atoms with E-state index in [1.54, 1.807) is 12.1 Å². The van der Waals surface area contributed by atoms with E-state index in [1.807, 2.05) is 19.9 Å². The maximum atomic E-state index is 11.3. The van der Waals surface area contributed by atoms with E-state index in [9.17, 15) is 4.79 Å². The van der Waals surface area contributed by atoms with Crippen molar-refractivity contribution < 1.29 is 4.79 Å². The highest BCUT2D eigenvalue weighted by Crippen LogP contribution is 2.04. The molecule has 76 valence electrons. The van der Waals surface area contributed by atoms with Crippen LogP contribution in [0.25, 0.3) is 0 Å². The Bertz CT molecular complexity index is 422. The lowest BCUT2D eigenvalue weighted by atomic mass is 10.3. The standard InChI is InChI=1S/C11H11N3O/c1-8(2)5-11(15)14-10-4-3-9(6-12)7-13-10/h3-5,7H,1-2H3,(H,13,14,15). The van der Waals surface area contributed by atoms with Gasteiger partial charge in [0.05, 0.1) is 5.56 Å². The van der Waals surface area contributed by atoms with Gasteiger partial charge in [0, 0.05) is 12.3 Å². The summed E-state index contributed by atoms with van der Waals surface area (Å²) >= 11 is 0. The number of pyridine rings is 1. The number of anilines is 1. The first-order valence-corrected chi connectivity index (χ1v) is 4.44. The fraction of sp³-hybridized carbons (Fsp3) is 0.182. The topological polar surface area (TPSA) is 65.8 Å². The van der Waals surface area contributed by atoms with Crippen LogP contribution in [0.5, 0.6) is 0 Å². The Balaban J connectivity index is 2.70. The highest BCUT2D eigenvalue weighted by atomic mass is 16.1. The fourth-order valence-electron chi connectivity index (χ4n) is 0.958. The number of nitrogens with zero attached hydrogens (tertiary/aromatic N) is 2. The molecule has 0 spiro atoms. The summed E-state index contributed by atoms with van der Waals surface area (Å²) in [5.74, 6) is 0.226. The molecule has 1 heterocycles. The van der Waals surface area contributed by atoms with E-state index in [4.69, 9.17) is 5.26 Å². The summed E-state index contributed by atoms with van der Waals surface area (Å²) in [4.78, 5) is 15.2. The zero-order chi connectivity index (χ0) is 11.3. The lowest BCUT2D eigenvalue weighted by Crippen LogP contribution is -2.09. The van der Waals surface area contributed by atoms with Gasteiger partial charge in [-0.25, -0.2) is 4.98 Å². The zero-order valence-corrected chi connectivity index (χ0v) is 8.61. The van der Waals surface area contributed by atoms with Crippen molar-refractivity contribution >= 4 is 11.7 Å². The van der Waals surface area contributed by atoms with Gasteiger partial charge in [-0.1, -0.05) is 5.57 Å². The van der Waals surface area contributed by atoms with Gasteiger partial charge in [-0.3, -0.25) is 4.79 Å². The molecule has 1 amide bonds. The number of hydrogen-bond donors (Lipinski definition) is 1. The highest BCUT2D eigenvalue weighted by Gasteiger charge is 1.99. The smallest absolute Gasteiger partial charge is 0.249 e. The maximum Gasteiger partial charge on any atom is 0.249 e. The van der Waals surface area contributed by atoms with Gasteiger partial charge in [-0.15, -0.1) is 0 Å². The van der Waals surface area contributed by atoms with Crippen molar-refractivity contribution in [2.24, 2.45) is 0 Å². The number of aromatic nitrogens is 1. The minimum Gasteiger partial charge on any atom is -0.307 e. The van der Waals surface area contributed by atoms with Crippen LogP contribution in [-0.4, -0.2) is 10.9 Å². The quantitative estimate of drug-likeness (QED) is 0.742. The van der Waals surface area contributed by atoms with Crippen molar-refractivity contribution in [2.45, 2.75) is 13.8 Å². The van der Waals surface area contributed by atoms with Crippen LogP contribution in [0.15, 0.2) is 30.0 Å². The van der Waals surface area contributed by atoms with Crippen molar-refractivity contribution in [1.29, 1.82) is 5.26 Å². The summed E-state index contributed by atoms with van der Waals surface area (Å²) in [6.07, 6.45) is 2.90. The number of rotatable bonds is 2. The summed E-state index contributed by atoms with van der Waals surface area (Å²) in [6, 6.07) is 5.15. The van der Waals surface area contributed by atoms with E-state index in [0.29, 0.717) is 11.4 Å². The van der Waals surface area contributed by atoms with Gasteiger partial charge in [-0.05, 0) is 26.0 Å². The third-order valence-corrected chi connectivity index (χ3v) is 1.56. The first-order chi connectivity index (χ1) is 7.11. The van der Waals surface area contributed by atoms with Crippen molar-refractivity contribution in [1.82, 2.24) is 4.98 Å². The minimum absolute atomic E-state index is 0.216. The molecule has 0 unspecified atom stereocenters. The second-order valence-corrected chi connectivity index (χ2v) is 3.25. The molecule has 15 heavy (non-hydrogen) atoms. The zero-order valence-electron chi connectivity index (χ0n) is 8.61. The van der Waals surface area contributed by atoms with E-state index >= 15 is 0 Å². The Hall–Kier alpha value is -2.15. The molecule has 0 bridgehead atoms. The van der Waals surface area contributed by atoms with Gasteiger partial charge in [0.15, 0.2) is 0 Å². The molecule has 0 atom stereocenters. The molecule has 1 aromatic rings. The largest absolute Gasteiger partial charge is 0.307 e. The molecule has 0 saturated heterocycles. The first kappa shape index (κ1) is 10.9. The predicted octanol–water partition coefficient (Wildman–Crippen LogP) is 1.86. The number of amides is 1. The summed E-state index contributed by atoms with van der Waals surface area (Å²) in [5, 5.41) is 11.1. The second kappa shape index (κ2) is 4.91. The lowest BCUT2D eigenvalue weighted by Gasteiger charge is -2.00. The molecule has 0 aliphatic carbocycles. The normalized spacial score (nSPS) is 8.87. The van der Waals surface area contributed by atoms with Crippen LogP contribution in [0, 0.1) is 11.3 Å². The van der Waals surface area contributed by atoms with Gasteiger partial charge in [0.2, 0.25) is 5.91 Å². The monoisotopic (exact) mass is 201 g/mol. The van der Waals surface area contributed by atoms with Crippen molar-refractivity contribution in [3.63, 3.8) is 0 Å². The van der Waals surface area contributed by atoms with Crippen LogP contribution in [0.4, 0.5) is 5.82 Å². The molecule has 0 fully saturated rings. The third-order valence-electron chi connectivity index (χ3n) is 1.56. The Kier molecular flexibility index (Phi) is 3.58. The highest BCUT2D eigenvalue weighted by molar-refractivity contribution is 5.98. The molecule has 4 heteroatoms. The average Bonchev–Trinajstić information content (AvgIpc) is 2.17. The summed E-state index contributed by atoms with van der Waals surface area (Å²) in [5.41, 5.74) is 1.39. The molecule has 0 aromatic carbocycles. The number of nitriles is 1. The molecule has 4 nitrogen and oxygen atoms in total. The average molecular weight is 201 g/mol. The Morgan fingerprint density at radius 2 is 2.27 bits per heavy atom. The lowest BCUT2D eigenvalue weighted by molar-refractivity contribution is -0.112. The number of carbonyl (C=O) groups excluding carboxylic acids is 1. The van der Waals surface area contributed by atoms with E-state index in [0.717, 1.165) is 5.57 Å². The second-order valence-electron chi connectivity index (χ2n) is 3.25. The number of allylic oxidation sites excluding steroid dienone is 1. The van der Waals surface area contributed by atoms with Crippen molar-refractivity contribution in [3.8, 4) is 6.07 Å². The van der Waals surface area contributed by atoms with Gasteiger partial charge in [0.1, 0.15) is 11.9 Å². The van der Waals surface area contributed by atoms with Crippen LogP contribution in [0.2, 0.25) is 0 Å². The Labute approximate surface area is 88.3 Å². The predicted molar refractivity (Wildman–Crippen MR) is 57.0 cm³/mol. The van der Waals surface area contributed by atoms with E-state index in [2.05, 4.69) is 10.3 Å². The van der Waals surface area contributed by atoms with Gasteiger partial charge in [-0.2, -0.15) is 5.26 Å². The molecule has 1 rings (SSSR count). The SMILES string of the molecule is CC(C)=CC(=O)Nc1ccc(C#N)cn1. The number of nitrogens with one attached hydrogen (secondary N) is 1. The molecule has 0 radical (unpaired) electrons. The first-order valence-electron chi connectivity index (χ1n) is 4.44. The van der Waals surface area contributed by atoms with Crippen LogP contribution in [0.3, 0.4) is 0 Å². The van der Waals surface area contributed by atoms with Crippen LogP contribution < -0.4 is 5.32 Å². The van der Waals surface area contributed by atoms with Crippen LogP contribution >= 0.6 is 0 Å². The minimum atomic E-state index is -0.216. The van der Waals surface area contributed by atoms with Crippen molar-refractivity contribution in [3.05, 3.63) is 35.5 Å². The summed E-state index contributed by atoms with van der Waals surface area (Å²) in [6.45, 7) is 3.68. The number of carbonyl (C=O) groups is 1. The fourth-order valence-corrected chi connectivity index (χ4v) is 0.958. The molecular formula is C11H11N3O. The van der Waals surface area contributed by atoms with Crippen LogP contribution in [0.1, 0.15) is 19.4 Å². The van der Waals surface area contributed by atoms with Gasteiger partial charge in [0.25, 0.3) is 0 Å². The number of hydrogen-bond acceptors (Lipinski definition) is 3. The molecule has 1 aromatic heterocycles.